The maximum atomic E-state index is 14.4. The molecule has 10 nitrogen and oxygen atoms in total. The van der Waals surface area contributed by atoms with Gasteiger partial charge in [0.05, 0.1) is 42.2 Å². The van der Waals surface area contributed by atoms with Crippen LogP contribution in [-0.4, -0.2) is 48.0 Å². The summed E-state index contributed by atoms with van der Waals surface area (Å²) in [5.74, 6) is -0.430. The highest BCUT2D eigenvalue weighted by atomic mass is 32.1. The van der Waals surface area contributed by atoms with Gasteiger partial charge in [0.25, 0.3) is 5.56 Å². The molecule has 1 aliphatic rings. The minimum absolute atomic E-state index is 0.157. The van der Waals surface area contributed by atoms with Crippen molar-refractivity contribution >= 4 is 40.3 Å². The van der Waals surface area contributed by atoms with E-state index in [0.717, 1.165) is 16.5 Å². The first kappa shape index (κ1) is 33.5. The van der Waals surface area contributed by atoms with Crippen molar-refractivity contribution in [3.63, 3.8) is 0 Å². The highest BCUT2D eigenvalue weighted by Crippen LogP contribution is 2.36. The molecule has 1 aliphatic heterocycles. The van der Waals surface area contributed by atoms with Crippen molar-refractivity contribution in [3.05, 3.63) is 126 Å². The summed E-state index contributed by atoms with van der Waals surface area (Å²) >= 11 is 1.27. The fraction of sp³-hybridized carbons (Fsp3) is 0.263. The molecular formula is C38H37N3O7S. The zero-order chi connectivity index (χ0) is 34.7. The smallest absolute Gasteiger partial charge is 0.343 e. The highest BCUT2D eigenvalue weighted by molar-refractivity contribution is 7.07. The largest absolute Gasteiger partial charge is 0.490 e. The summed E-state index contributed by atoms with van der Waals surface area (Å²) in [5.41, 5.74) is 5.34. The Morgan fingerprint density at radius 2 is 1.78 bits per heavy atom. The molecule has 0 fully saturated rings. The third-order valence-corrected chi connectivity index (χ3v) is 9.20. The van der Waals surface area contributed by atoms with Gasteiger partial charge in [0.2, 0.25) is 0 Å². The topological polar surface area (TPSA) is 110 Å². The molecule has 0 unspecified atom stereocenters. The lowest BCUT2D eigenvalue weighted by atomic mass is 9.95. The van der Waals surface area contributed by atoms with E-state index < -0.39 is 18.0 Å². The molecule has 6 rings (SSSR count). The maximum Gasteiger partial charge on any atom is 0.343 e. The molecule has 0 saturated heterocycles. The van der Waals surface area contributed by atoms with E-state index in [4.69, 9.17) is 23.9 Å². The third-order valence-electron chi connectivity index (χ3n) is 8.21. The van der Waals surface area contributed by atoms with E-state index in [0.29, 0.717) is 45.2 Å². The van der Waals surface area contributed by atoms with Crippen molar-refractivity contribution in [2.24, 2.45) is 4.99 Å². The number of ether oxygens (including phenoxy) is 4. The first-order chi connectivity index (χ1) is 23.7. The molecular weight excluding hydrogens is 642 g/mol. The summed E-state index contributed by atoms with van der Waals surface area (Å²) in [6.07, 6.45) is 3.97. The van der Waals surface area contributed by atoms with Gasteiger partial charge in [-0.25, -0.2) is 14.6 Å². The van der Waals surface area contributed by atoms with Gasteiger partial charge in [0, 0.05) is 29.2 Å². The number of carbonyl (C=O) groups is 2. The van der Waals surface area contributed by atoms with E-state index in [1.54, 1.807) is 36.6 Å². The molecule has 0 bridgehead atoms. The molecule has 0 N–H and O–H groups in total. The lowest BCUT2D eigenvalue weighted by Gasteiger charge is -2.25. The number of allylic oxidation sites excluding steroid dienone is 1. The number of carbonyl (C=O) groups excluding carboxylic acids is 2. The molecule has 3 aromatic carbocycles. The third kappa shape index (κ3) is 6.80. The standard InChI is InChI=1S/C38H37N3O7S/c1-6-46-31-18-26(15-16-30(31)48-22-33(42)45-5)35-34(37(44)47-7-2)24(4)39-38-41(35)36(43)32(49-38)19-27-21-40(29-14-9-8-13-28(27)29)20-25-12-10-11-23(3)17-25/h8-19,21,35H,6-7,20,22H2,1-5H3/b32-19-/t35-/m0/s1. The van der Waals surface area contributed by atoms with Crippen LogP contribution in [-0.2, 0) is 25.6 Å². The summed E-state index contributed by atoms with van der Waals surface area (Å²) in [4.78, 5) is 44.8. The van der Waals surface area contributed by atoms with Gasteiger partial charge in [-0.2, -0.15) is 0 Å². The summed E-state index contributed by atoms with van der Waals surface area (Å²) in [7, 11) is 1.28. The summed E-state index contributed by atoms with van der Waals surface area (Å²) in [6.45, 7) is 8.23. The van der Waals surface area contributed by atoms with E-state index in [1.165, 1.54) is 29.6 Å². The van der Waals surface area contributed by atoms with E-state index in [1.807, 2.05) is 25.1 Å². The number of benzene rings is 3. The first-order valence-electron chi connectivity index (χ1n) is 16.0. The Kier molecular flexibility index (Phi) is 9.82. The summed E-state index contributed by atoms with van der Waals surface area (Å²) in [5, 5.41) is 1.02. The molecule has 49 heavy (non-hydrogen) atoms. The van der Waals surface area contributed by atoms with E-state index >= 15 is 0 Å². The lowest BCUT2D eigenvalue weighted by molar-refractivity contribution is -0.143. The highest BCUT2D eigenvalue weighted by Gasteiger charge is 2.34. The molecule has 0 spiro atoms. The second-order valence-electron chi connectivity index (χ2n) is 11.5. The Balaban J connectivity index is 1.49. The fourth-order valence-electron chi connectivity index (χ4n) is 6.05. The van der Waals surface area contributed by atoms with Crippen LogP contribution in [0.2, 0.25) is 0 Å². The van der Waals surface area contributed by atoms with E-state index in [9.17, 15) is 14.4 Å². The summed E-state index contributed by atoms with van der Waals surface area (Å²) < 4.78 is 25.9. The molecule has 3 heterocycles. The number of hydrogen-bond acceptors (Lipinski definition) is 9. The van der Waals surface area contributed by atoms with Gasteiger partial charge in [-0.15, -0.1) is 0 Å². The average molecular weight is 680 g/mol. The van der Waals surface area contributed by atoms with Crippen molar-refractivity contribution in [2.45, 2.75) is 40.3 Å². The Morgan fingerprint density at radius 1 is 0.959 bits per heavy atom. The minimum atomic E-state index is -0.853. The van der Waals surface area contributed by atoms with Crippen LogP contribution in [0.3, 0.4) is 0 Å². The SMILES string of the molecule is CCOC(=O)C1=C(C)N=c2s/c(=C\c3cn(Cc4cccc(C)c4)c4ccccc34)c(=O)n2[C@H]1c1ccc(OCC(=O)OC)c(OCC)c1. The van der Waals surface area contributed by atoms with Crippen LogP contribution in [0.5, 0.6) is 11.5 Å². The molecule has 5 aromatic rings. The van der Waals surface area contributed by atoms with Crippen molar-refractivity contribution < 1.29 is 28.5 Å². The molecule has 0 amide bonds. The zero-order valence-electron chi connectivity index (χ0n) is 28.0. The molecule has 0 saturated carbocycles. The van der Waals surface area contributed by atoms with Crippen LogP contribution >= 0.6 is 11.3 Å². The molecule has 0 aliphatic carbocycles. The predicted molar refractivity (Wildman–Crippen MR) is 188 cm³/mol. The Hall–Kier alpha value is -5.42. The zero-order valence-corrected chi connectivity index (χ0v) is 28.8. The van der Waals surface area contributed by atoms with Crippen molar-refractivity contribution in [1.29, 1.82) is 0 Å². The molecule has 252 valence electrons. The minimum Gasteiger partial charge on any atom is -0.490 e. The second-order valence-corrected chi connectivity index (χ2v) is 12.5. The van der Waals surface area contributed by atoms with Crippen molar-refractivity contribution in [2.75, 3.05) is 26.9 Å². The van der Waals surface area contributed by atoms with Crippen LogP contribution in [0.4, 0.5) is 0 Å². The van der Waals surface area contributed by atoms with Gasteiger partial charge in [-0.1, -0.05) is 65.4 Å². The number of para-hydroxylation sites is 1. The lowest BCUT2D eigenvalue weighted by Crippen LogP contribution is -2.40. The van der Waals surface area contributed by atoms with Gasteiger partial charge < -0.3 is 23.5 Å². The van der Waals surface area contributed by atoms with E-state index in [2.05, 4.69) is 54.1 Å². The number of aromatic nitrogens is 2. The number of methoxy groups -OCH3 is 1. The molecule has 0 radical (unpaired) electrons. The van der Waals surface area contributed by atoms with Crippen molar-refractivity contribution in [1.82, 2.24) is 9.13 Å². The number of aryl methyl sites for hydroxylation is 1. The van der Waals surface area contributed by atoms with Crippen molar-refractivity contribution in [3.8, 4) is 11.5 Å². The average Bonchev–Trinajstić information content (AvgIpc) is 3.59. The molecule has 11 heteroatoms. The number of thiazole rings is 1. The van der Waals surface area contributed by atoms with E-state index in [-0.39, 0.29) is 24.3 Å². The predicted octanol–water partition coefficient (Wildman–Crippen LogP) is 5.06. The molecule has 2 aromatic heterocycles. The maximum absolute atomic E-state index is 14.4. The number of esters is 2. The van der Waals surface area contributed by atoms with Crippen LogP contribution in [0.1, 0.15) is 49.1 Å². The normalized spacial score (nSPS) is 14.4. The van der Waals surface area contributed by atoms with Gasteiger partial charge in [-0.3, -0.25) is 9.36 Å². The van der Waals surface area contributed by atoms with Crippen LogP contribution in [0, 0.1) is 6.92 Å². The monoisotopic (exact) mass is 679 g/mol. The number of rotatable bonds is 11. The van der Waals surface area contributed by atoms with Gasteiger partial charge in [0.1, 0.15) is 0 Å². The first-order valence-corrected chi connectivity index (χ1v) is 16.8. The quantitative estimate of drug-likeness (QED) is 0.180. The number of fused-ring (bicyclic) bond motifs is 2. The van der Waals surface area contributed by atoms with Crippen LogP contribution in [0.25, 0.3) is 17.0 Å². The Morgan fingerprint density at radius 3 is 2.53 bits per heavy atom. The Bertz CT molecular complexity index is 2280. The van der Waals surface area contributed by atoms with Gasteiger partial charge >= 0.3 is 11.9 Å². The number of nitrogens with zero attached hydrogens (tertiary/aromatic N) is 3. The van der Waals surface area contributed by atoms with Gasteiger partial charge in [-0.05, 0) is 63.1 Å². The fourth-order valence-corrected chi connectivity index (χ4v) is 7.09. The Labute approximate surface area is 287 Å². The molecule has 1 atom stereocenters. The second kappa shape index (κ2) is 14.4. The van der Waals surface area contributed by atoms with Crippen LogP contribution in [0.15, 0.2) is 94.0 Å². The van der Waals surface area contributed by atoms with Gasteiger partial charge in [0.15, 0.2) is 22.9 Å². The number of hydrogen-bond donors (Lipinski definition) is 0. The summed E-state index contributed by atoms with van der Waals surface area (Å²) in [6, 6.07) is 20.8. The van der Waals surface area contributed by atoms with Crippen LogP contribution < -0.4 is 24.4 Å².